The summed E-state index contributed by atoms with van der Waals surface area (Å²) >= 11 is 0. The average molecular weight is 303 g/mol. The van der Waals surface area contributed by atoms with Crippen molar-refractivity contribution in [3.63, 3.8) is 0 Å². The normalized spacial score (nSPS) is 11.9. The van der Waals surface area contributed by atoms with E-state index in [1.54, 1.807) is 13.0 Å². The molecular formula is C13H13N5O2S. The van der Waals surface area contributed by atoms with E-state index in [0.717, 1.165) is 10.9 Å². The van der Waals surface area contributed by atoms with Crippen molar-refractivity contribution < 1.29 is 8.42 Å². The Bertz CT molecular complexity index is 917. The van der Waals surface area contributed by atoms with Crippen molar-refractivity contribution in [1.29, 1.82) is 0 Å². The second-order valence-electron chi connectivity index (χ2n) is 4.48. The molecule has 0 radical (unpaired) electrons. The molecule has 0 unspecified atom stereocenters. The zero-order valence-electron chi connectivity index (χ0n) is 11.3. The van der Waals surface area contributed by atoms with Crippen LogP contribution in [0.15, 0.2) is 41.6 Å². The van der Waals surface area contributed by atoms with Gasteiger partial charge in [-0.15, -0.1) is 10.2 Å². The third kappa shape index (κ3) is 2.39. The van der Waals surface area contributed by atoms with Gasteiger partial charge in [-0.25, -0.2) is 18.5 Å². The zero-order valence-corrected chi connectivity index (χ0v) is 12.1. The van der Waals surface area contributed by atoms with E-state index in [1.807, 2.05) is 30.3 Å². The molecule has 0 spiro atoms. The van der Waals surface area contributed by atoms with Crippen molar-refractivity contribution in [3.05, 3.63) is 36.4 Å². The lowest BCUT2D eigenvalue weighted by molar-refractivity contribution is 0.570. The number of nitrogens with zero attached hydrogens (tertiary/aromatic N) is 4. The molecule has 108 valence electrons. The highest BCUT2D eigenvalue weighted by Crippen LogP contribution is 2.21. The first-order valence-electron chi connectivity index (χ1n) is 6.33. The lowest BCUT2D eigenvalue weighted by Crippen LogP contribution is -2.18. The smallest absolute Gasteiger partial charge is 0.273 e. The van der Waals surface area contributed by atoms with E-state index < -0.39 is 10.0 Å². The first-order chi connectivity index (χ1) is 10.0. The molecule has 2 aromatic heterocycles. The van der Waals surface area contributed by atoms with Gasteiger partial charge in [-0.1, -0.05) is 24.3 Å². The van der Waals surface area contributed by atoms with Crippen LogP contribution in [0.1, 0.15) is 6.92 Å². The first-order valence-corrected chi connectivity index (χ1v) is 7.87. The number of rotatable bonds is 3. The highest BCUT2D eigenvalue weighted by Gasteiger charge is 2.21. The summed E-state index contributed by atoms with van der Waals surface area (Å²) < 4.78 is 24.4. The summed E-state index contributed by atoms with van der Waals surface area (Å²) in [6.45, 7) is 2.17. The van der Waals surface area contributed by atoms with E-state index >= 15 is 0 Å². The molecule has 0 aliphatic carbocycles. The van der Waals surface area contributed by atoms with Gasteiger partial charge in [-0.05, 0) is 19.1 Å². The van der Waals surface area contributed by atoms with Crippen molar-refractivity contribution in [2.75, 3.05) is 0 Å². The van der Waals surface area contributed by atoms with Crippen molar-refractivity contribution in [2.45, 2.75) is 18.6 Å². The molecule has 0 bridgehead atoms. The van der Waals surface area contributed by atoms with Crippen LogP contribution in [0, 0.1) is 0 Å². The Balaban J connectivity index is 2.21. The van der Waals surface area contributed by atoms with E-state index in [1.165, 1.54) is 4.57 Å². The minimum atomic E-state index is -3.91. The van der Waals surface area contributed by atoms with Crippen LogP contribution in [0.4, 0.5) is 0 Å². The fourth-order valence-corrected chi connectivity index (χ4v) is 2.84. The van der Waals surface area contributed by atoms with Crippen LogP contribution in [-0.2, 0) is 16.6 Å². The molecule has 2 heterocycles. The Morgan fingerprint density at radius 3 is 2.62 bits per heavy atom. The number of benzene rings is 1. The minimum absolute atomic E-state index is 0.255. The summed E-state index contributed by atoms with van der Waals surface area (Å²) in [5.41, 5.74) is 1.36. The molecule has 0 amide bonds. The second kappa shape index (κ2) is 4.90. The second-order valence-corrected chi connectivity index (χ2v) is 5.94. The maximum absolute atomic E-state index is 11.5. The molecule has 0 fully saturated rings. The van der Waals surface area contributed by atoms with Gasteiger partial charge in [0, 0.05) is 11.9 Å². The van der Waals surface area contributed by atoms with Crippen LogP contribution >= 0.6 is 0 Å². The largest absolute Gasteiger partial charge is 0.296 e. The molecule has 3 aromatic rings. The van der Waals surface area contributed by atoms with Gasteiger partial charge < -0.3 is 0 Å². The fraction of sp³-hybridized carbons (Fsp3) is 0.154. The predicted molar refractivity (Wildman–Crippen MR) is 77.8 cm³/mol. The number of hydrogen-bond donors (Lipinski definition) is 1. The molecule has 0 saturated heterocycles. The van der Waals surface area contributed by atoms with Crippen LogP contribution in [0.3, 0.4) is 0 Å². The van der Waals surface area contributed by atoms with Gasteiger partial charge in [-0.3, -0.25) is 4.57 Å². The van der Waals surface area contributed by atoms with Crippen LogP contribution < -0.4 is 5.14 Å². The maximum atomic E-state index is 11.5. The SMILES string of the molecule is CCn1c(-c2ccc3ccccc3n2)nnc1S(N)(=O)=O. The van der Waals surface area contributed by atoms with Crippen LogP contribution in [0.25, 0.3) is 22.4 Å². The summed E-state index contributed by atoms with van der Waals surface area (Å²) in [7, 11) is -3.91. The summed E-state index contributed by atoms with van der Waals surface area (Å²) in [4.78, 5) is 4.49. The average Bonchev–Trinajstić information content (AvgIpc) is 2.90. The number of fused-ring (bicyclic) bond motifs is 1. The van der Waals surface area contributed by atoms with Crippen molar-refractivity contribution in [3.8, 4) is 11.5 Å². The Labute approximate surface area is 121 Å². The zero-order chi connectivity index (χ0) is 15.0. The third-order valence-corrected chi connectivity index (χ3v) is 3.93. The summed E-state index contributed by atoms with van der Waals surface area (Å²) in [5, 5.41) is 13.5. The van der Waals surface area contributed by atoms with Gasteiger partial charge >= 0.3 is 0 Å². The third-order valence-electron chi connectivity index (χ3n) is 3.12. The highest BCUT2D eigenvalue weighted by molar-refractivity contribution is 7.89. The molecular weight excluding hydrogens is 290 g/mol. The molecule has 7 nitrogen and oxygen atoms in total. The van der Waals surface area contributed by atoms with Crippen molar-refractivity contribution in [1.82, 2.24) is 19.7 Å². The monoisotopic (exact) mass is 303 g/mol. The summed E-state index contributed by atoms with van der Waals surface area (Å²) in [5.74, 6) is 0.382. The van der Waals surface area contributed by atoms with Gasteiger partial charge in [0.15, 0.2) is 5.82 Å². The summed E-state index contributed by atoms with van der Waals surface area (Å²) in [6, 6.07) is 11.3. The van der Waals surface area contributed by atoms with Gasteiger partial charge in [0.2, 0.25) is 0 Å². The molecule has 2 N–H and O–H groups in total. The van der Waals surface area contributed by atoms with Crippen molar-refractivity contribution in [2.24, 2.45) is 5.14 Å². The van der Waals surface area contributed by atoms with E-state index in [4.69, 9.17) is 5.14 Å². The number of nitrogens with two attached hydrogens (primary N) is 1. The maximum Gasteiger partial charge on any atom is 0.273 e. The Morgan fingerprint density at radius 2 is 1.90 bits per heavy atom. The molecule has 0 saturated carbocycles. The first kappa shape index (κ1) is 13.7. The lowest BCUT2D eigenvalue weighted by Gasteiger charge is -2.06. The quantitative estimate of drug-likeness (QED) is 0.782. The van der Waals surface area contributed by atoms with Gasteiger partial charge in [0.25, 0.3) is 15.2 Å². The van der Waals surface area contributed by atoms with E-state index in [-0.39, 0.29) is 5.16 Å². The molecule has 3 rings (SSSR count). The highest BCUT2D eigenvalue weighted by atomic mass is 32.2. The van der Waals surface area contributed by atoms with Gasteiger partial charge in [-0.2, -0.15) is 0 Å². The summed E-state index contributed by atoms with van der Waals surface area (Å²) in [6.07, 6.45) is 0. The number of pyridine rings is 1. The van der Waals surface area contributed by atoms with E-state index in [0.29, 0.717) is 18.1 Å². The molecule has 0 atom stereocenters. The Morgan fingerprint density at radius 1 is 1.14 bits per heavy atom. The number of hydrogen-bond acceptors (Lipinski definition) is 5. The number of primary sulfonamides is 1. The van der Waals surface area contributed by atoms with E-state index in [2.05, 4.69) is 15.2 Å². The lowest BCUT2D eigenvalue weighted by atomic mass is 10.2. The minimum Gasteiger partial charge on any atom is -0.296 e. The fourth-order valence-electron chi connectivity index (χ4n) is 2.16. The van der Waals surface area contributed by atoms with Gasteiger partial charge in [0.05, 0.1) is 5.52 Å². The predicted octanol–water partition coefficient (Wildman–Crippen LogP) is 1.16. The standard InChI is InChI=1S/C13H13N5O2S/c1-2-18-12(16-17-13(18)21(14,19)20)11-8-7-9-5-3-4-6-10(9)15-11/h3-8H,2H2,1H3,(H2,14,19,20). The number of aromatic nitrogens is 4. The Hall–Kier alpha value is -2.32. The molecule has 0 aliphatic heterocycles. The van der Waals surface area contributed by atoms with Crippen molar-refractivity contribution >= 4 is 20.9 Å². The number of para-hydroxylation sites is 1. The van der Waals surface area contributed by atoms with Crippen LogP contribution in [0.5, 0.6) is 0 Å². The molecule has 8 heteroatoms. The molecule has 0 aliphatic rings. The molecule has 21 heavy (non-hydrogen) atoms. The van der Waals surface area contributed by atoms with Gasteiger partial charge in [0.1, 0.15) is 5.69 Å². The van der Waals surface area contributed by atoms with Crippen LogP contribution in [-0.4, -0.2) is 28.2 Å². The topological polar surface area (TPSA) is 104 Å². The van der Waals surface area contributed by atoms with E-state index in [9.17, 15) is 8.42 Å². The Kier molecular flexibility index (Phi) is 3.19. The van der Waals surface area contributed by atoms with Crippen LogP contribution in [0.2, 0.25) is 0 Å². The molecule has 1 aromatic carbocycles. The number of sulfonamides is 1.